The second kappa shape index (κ2) is 8.27. The predicted molar refractivity (Wildman–Crippen MR) is 113 cm³/mol. The Morgan fingerprint density at radius 1 is 1.29 bits per heavy atom. The van der Waals surface area contributed by atoms with Crippen molar-refractivity contribution in [3.63, 3.8) is 0 Å². The fourth-order valence-electron chi connectivity index (χ4n) is 4.76. The zero-order valence-electron chi connectivity index (χ0n) is 17.6. The number of ether oxygens (including phenoxy) is 1. The number of carbonyl (C=O) groups excluding carboxylic acids is 2. The number of piperidine rings is 1. The van der Waals surface area contributed by atoms with Crippen molar-refractivity contribution in [2.45, 2.75) is 31.9 Å². The Bertz CT molecular complexity index is 988. The van der Waals surface area contributed by atoms with Crippen molar-refractivity contribution in [2.24, 2.45) is 5.92 Å². The third kappa shape index (κ3) is 4.47. The summed E-state index contributed by atoms with van der Waals surface area (Å²) in [5.74, 6) is -0.517. The first-order valence-electron chi connectivity index (χ1n) is 10.4. The van der Waals surface area contributed by atoms with Gasteiger partial charge in [0.1, 0.15) is 11.9 Å². The van der Waals surface area contributed by atoms with Crippen molar-refractivity contribution in [1.29, 1.82) is 0 Å². The van der Waals surface area contributed by atoms with Crippen LogP contribution in [0.3, 0.4) is 0 Å². The third-order valence-corrected chi connectivity index (χ3v) is 7.50. The SMILES string of the molecule is CC(=O)NC[C@H]1CN(c2ccc(N3C[C@H]4CCCN(S(C)(=O)=O)[C@H]4C3)c(F)c2)C(=O)O1. The molecule has 0 aromatic heterocycles. The van der Waals surface area contributed by atoms with E-state index < -0.39 is 28.0 Å². The van der Waals surface area contributed by atoms with E-state index in [9.17, 15) is 18.0 Å². The molecule has 0 bridgehead atoms. The van der Waals surface area contributed by atoms with Crippen molar-refractivity contribution in [3.05, 3.63) is 24.0 Å². The van der Waals surface area contributed by atoms with Crippen molar-refractivity contribution in [2.75, 3.05) is 48.8 Å². The lowest BCUT2D eigenvalue weighted by molar-refractivity contribution is -0.119. The lowest BCUT2D eigenvalue weighted by Crippen LogP contribution is -2.47. The number of rotatable bonds is 5. The monoisotopic (exact) mass is 454 g/mol. The maximum Gasteiger partial charge on any atom is 0.414 e. The van der Waals surface area contributed by atoms with Gasteiger partial charge < -0.3 is 15.0 Å². The number of hydrogen-bond donors (Lipinski definition) is 1. The van der Waals surface area contributed by atoms with E-state index in [1.54, 1.807) is 16.4 Å². The molecular formula is C20H27FN4O5S. The quantitative estimate of drug-likeness (QED) is 0.717. The van der Waals surface area contributed by atoms with E-state index >= 15 is 4.39 Å². The molecule has 3 atom stereocenters. The first-order valence-corrected chi connectivity index (χ1v) is 12.2. The molecule has 3 heterocycles. The molecule has 0 aliphatic carbocycles. The molecule has 0 radical (unpaired) electrons. The summed E-state index contributed by atoms with van der Waals surface area (Å²) in [4.78, 5) is 26.5. The highest BCUT2D eigenvalue weighted by molar-refractivity contribution is 7.88. The number of nitrogens with zero attached hydrogens (tertiary/aromatic N) is 3. The van der Waals surface area contributed by atoms with Crippen LogP contribution in [0.15, 0.2) is 18.2 Å². The summed E-state index contributed by atoms with van der Waals surface area (Å²) in [6.45, 7) is 3.34. The van der Waals surface area contributed by atoms with Gasteiger partial charge in [0, 0.05) is 32.6 Å². The average Bonchev–Trinajstić information content (AvgIpc) is 3.28. The Balaban J connectivity index is 1.47. The number of sulfonamides is 1. The Morgan fingerprint density at radius 3 is 2.74 bits per heavy atom. The maximum atomic E-state index is 15.0. The number of carbonyl (C=O) groups is 2. The number of anilines is 2. The van der Waals surface area contributed by atoms with Crippen LogP contribution in [-0.4, -0.2) is 75.8 Å². The maximum absolute atomic E-state index is 15.0. The number of benzene rings is 1. The van der Waals surface area contributed by atoms with Gasteiger partial charge in [-0.25, -0.2) is 17.6 Å². The highest BCUT2D eigenvalue weighted by Gasteiger charge is 2.43. The lowest BCUT2D eigenvalue weighted by atomic mass is 9.94. The lowest BCUT2D eigenvalue weighted by Gasteiger charge is -2.34. The second-order valence-electron chi connectivity index (χ2n) is 8.44. The average molecular weight is 455 g/mol. The van der Waals surface area contributed by atoms with Crippen molar-refractivity contribution >= 4 is 33.4 Å². The van der Waals surface area contributed by atoms with Crippen molar-refractivity contribution in [3.8, 4) is 0 Å². The number of hydrogen-bond acceptors (Lipinski definition) is 6. The van der Waals surface area contributed by atoms with E-state index in [0.717, 1.165) is 12.8 Å². The van der Waals surface area contributed by atoms with Gasteiger partial charge in [-0.2, -0.15) is 4.31 Å². The standard InChI is InChI=1S/C20H27FN4O5S/c1-13(26)22-9-16-11-24(20(27)30-16)15-5-6-18(17(21)8-15)23-10-14-4-3-7-25(19(14)12-23)31(2,28)29/h5-6,8,14,16,19H,3-4,7,9-12H2,1-2H3,(H,22,26)/t14-,16+,19+/m1/s1. The fraction of sp³-hybridized carbons (Fsp3) is 0.600. The fourth-order valence-corrected chi connectivity index (χ4v) is 5.96. The summed E-state index contributed by atoms with van der Waals surface area (Å²) >= 11 is 0. The van der Waals surface area contributed by atoms with Crippen LogP contribution in [0.4, 0.5) is 20.6 Å². The molecule has 1 aromatic carbocycles. The minimum Gasteiger partial charge on any atom is -0.442 e. The minimum atomic E-state index is -3.31. The number of amides is 2. The summed E-state index contributed by atoms with van der Waals surface area (Å²) in [6, 6.07) is 4.44. The van der Waals surface area contributed by atoms with Crippen LogP contribution >= 0.6 is 0 Å². The van der Waals surface area contributed by atoms with Gasteiger partial charge in [0.05, 0.1) is 30.7 Å². The van der Waals surface area contributed by atoms with E-state index in [0.29, 0.717) is 31.0 Å². The van der Waals surface area contributed by atoms with Crippen LogP contribution in [0, 0.1) is 11.7 Å². The van der Waals surface area contributed by atoms with Gasteiger partial charge in [-0.05, 0) is 37.0 Å². The Kier molecular flexibility index (Phi) is 5.82. The first-order chi connectivity index (χ1) is 14.6. The molecule has 0 spiro atoms. The summed E-state index contributed by atoms with van der Waals surface area (Å²) in [7, 11) is -3.31. The van der Waals surface area contributed by atoms with Gasteiger partial charge >= 0.3 is 6.09 Å². The van der Waals surface area contributed by atoms with Crippen LogP contribution in [0.5, 0.6) is 0 Å². The molecule has 11 heteroatoms. The number of cyclic esters (lactones) is 1. The summed E-state index contributed by atoms with van der Waals surface area (Å²) in [5, 5.41) is 2.61. The van der Waals surface area contributed by atoms with Crippen LogP contribution in [0.25, 0.3) is 0 Å². The molecule has 3 aliphatic heterocycles. The van der Waals surface area contributed by atoms with Gasteiger partial charge in [0.2, 0.25) is 15.9 Å². The molecule has 3 aliphatic rings. The van der Waals surface area contributed by atoms with Gasteiger partial charge in [-0.3, -0.25) is 9.69 Å². The highest BCUT2D eigenvalue weighted by atomic mass is 32.2. The number of halogens is 1. The molecule has 170 valence electrons. The number of nitrogens with one attached hydrogen (secondary N) is 1. The van der Waals surface area contributed by atoms with Crippen molar-refractivity contribution < 1.29 is 27.1 Å². The summed E-state index contributed by atoms with van der Waals surface area (Å²) in [5.41, 5.74) is 0.778. The zero-order valence-corrected chi connectivity index (χ0v) is 18.4. The van der Waals surface area contributed by atoms with Gasteiger partial charge in [0.15, 0.2) is 0 Å². The van der Waals surface area contributed by atoms with Crippen LogP contribution < -0.4 is 15.1 Å². The Labute approximate surface area is 181 Å². The van der Waals surface area contributed by atoms with Crippen LogP contribution in [-0.2, 0) is 19.6 Å². The van der Waals surface area contributed by atoms with E-state index in [1.807, 2.05) is 4.90 Å². The van der Waals surface area contributed by atoms with E-state index in [2.05, 4.69) is 5.32 Å². The molecule has 2 amide bonds. The Morgan fingerprint density at radius 2 is 2.06 bits per heavy atom. The van der Waals surface area contributed by atoms with Gasteiger partial charge in [0.25, 0.3) is 0 Å². The highest BCUT2D eigenvalue weighted by Crippen LogP contribution is 2.36. The molecular weight excluding hydrogens is 427 g/mol. The van der Waals surface area contributed by atoms with Gasteiger partial charge in [-0.15, -0.1) is 0 Å². The summed E-state index contributed by atoms with van der Waals surface area (Å²) < 4.78 is 46.1. The van der Waals surface area contributed by atoms with Crippen LogP contribution in [0.1, 0.15) is 19.8 Å². The van der Waals surface area contributed by atoms with Gasteiger partial charge in [-0.1, -0.05) is 0 Å². The van der Waals surface area contributed by atoms with E-state index in [-0.39, 0.29) is 31.0 Å². The summed E-state index contributed by atoms with van der Waals surface area (Å²) in [6.07, 6.45) is 1.87. The second-order valence-corrected chi connectivity index (χ2v) is 10.4. The predicted octanol–water partition coefficient (Wildman–Crippen LogP) is 1.15. The third-order valence-electron chi connectivity index (χ3n) is 6.19. The molecule has 0 saturated carbocycles. The zero-order chi connectivity index (χ0) is 22.3. The first kappa shape index (κ1) is 21.8. The molecule has 1 aromatic rings. The molecule has 9 nitrogen and oxygen atoms in total. The minimum absolute atomic E-state index is 0.147. The van der Waals surface area contributed by atoms with E-state index in [4.69, 9.17) is 4.74 Å². The van der Waals surface area contributed by atoms with E-state index in [1.165, 1.54) is 24.1 Å². The molecule has 3 fully saturated rings. The molecule has 3 saturated heterocycles. The topological polar surface area (TPSA) is 99.3 Å². The smallest absolute Gasteiger partial charge is 0.414 e. The van der Waals surface area contributed by atoms with Crippen molar-refractivity contribution in [1.82, 2.24) is 9.62 Å². The molecule has 0 unspecified atom stereocenters. The number of fused-ring (bicyclic) bond motifs is 1. The molecule has 4 rings (SSSR count). The Hall–Kier alpha value is -2.40. The van der Waals surface area contributed by atoms with Crippen LogP contribution in [0.2, 0.25) is 0 Å². The normalized spacial score (nSPS) is 26.7. The molecule has 31 heavy (non-hydrogen) atoms. The molecule has 1 N–H and O–H groups in total. The largest absolute Gasteiger partial charge is 0.442 e.